The van der Waals surface area contributed by atoms with Crippen molar-refractivity contribution in [3.05, 3.63) is 17.8 Å². The van der Waals surface area contributed by atoms with E-state index in [0.717, 1.165) is 44.1 Å². The minimum Gasteiger partial charge on any atom is -0.353 e. The standard InChI is InChI=1S/C12H20N4/c1-10(2)9-11-3-4-12(15-14-11)16-7-5-13-6-8-16/h3-4,10,13H,5-9H2,1-2H3. The Bertz CT molecular complexity index is 314. The Hall–Kier alpha value is -1.16. The fourth-order valence-corrected chi connectivity index (χ4v) is 1.94. The molecule has 1 aromatic heterocycles. The number of hydrogen-bond donors (Lipinski definition) is 1. The van der Waals surface area contributed by atoms with Crippen molar-refractivity contribution in [2.45, 2.75) is 20.3 Å². The van der Waals surface area contributed by atoms with Gasteiger partial charge in [-0.1, -0.05) is 13.8 Å². The molecular formula is C12H20N4. The Kier molecular flexibility index (Phi) is 3.72. The Balaban J connectivity index is 2.00. The van der Waals surface area contributed by atoms with Crippen molar-refractivity contribution < 1.29 is 0 Å². The van der Waals surface area contributed by atoms with Crippen LogP contribution in [0, 0.1) is 5.92 Å². The summed E-state index contributed by atoms with van der Waals surface area (Å²) >= 11 is 0. The zero-order valence-electron chi connectivity index (χ0n) is 10.1. The van der Waals surface area contributed by atoms with E-state index in [1.807, 2.05) is 0 Å². The Morgan fingerprint density at radius 2 is 2.00 bits per heavy atom. The van der Waals surface area contributed by atoms with Crippen molar-refractivity contribution in [2.75, 3.05) is 31.1 Å². The van der Waals surface area contributed by atoms with E-state index in [-0.39, 0.29) is 0 Å². The molecule has 1 N–H and O–H groups in total. The summed E-state index contributed by atoms with van der Waals surface area (Å²) in [6, 6.07) is 4.19. The van der Waals surface area contributed by atoms with Gasteiger partial charge in [0.25, 0.3) is 0 Å². The summed E-state index contributed by atoms with van der Waals surface area (Å²) in [6.07, 6.45) is 1.01. The second-order valence-electron chi connectivity index (χ2n) is 4.72. The Morgan fingerprint density at radius 1 is 1.25 bits per heavy atom. The van der Waals surface area contributed by atoms with Gasteiger partial charge in [0.15, 0.2) is 5.82 Å². The third-order valence-electron chi connectivity index (χ3n) is 2.76. The second-order valence-corrected chi connectivity index (χ2v) is 4.72. The number of hydrogen-bond acceptors (Lipinski definition) is 4. The van der Waals surface area contributed by atoms with Crippen LogP contribution >= 0.6 is 0 Å². The number of aromatic nitrogens is 2. The van der Waals surface area contributed by atoms with E-state index >= 15 is 0 Å². The molecule has 0 bridgehead atoms. The molecule has 1 aromatic rings. The molecular weight excluding hydrogens is 200 g/mol. The fourth-order valence-electron chi connectivity index (χ4n) is 1.94. The molecule has 2 rings (SSSR count). The highest BCUT2D eigenvalue weighted by molar-refractivity contribution is 5.37. The average molecular weight is 220 g/mol. The van der Waals surface area contributed by atoms with Crippen LogP contribution in [0.1, 0.15) is 19.5 Å². The maximum Gasteiger partial charge on any atom is 0.151 e. The van der Waals surface area contributed by atoms with Gasteiger partial charge in [-0.15, -0.1) is 5.10 Å². The number of rotatable bonds is 3. The van der Waals surface area contributed by atoms with Crippen molar-refractivity contribution in [2.24, 2.45) is 5.92 Å². The van der Waals surface area contributed by atoms with Crippen LogP contribution in [0.4, 0.5) is 5.82 Å². The molecule has 1 aliphatic heterocycles. The van der Waals surface area contributed by atoms with E-state index in [2.05, 4.69) is 46.4 Å². The quantitative estimate of drug-likeness (QED) is 0.827. The monoisotopic (exact) mass is 220 g/mol. The predicted molar refractivity (Wildman–Crippen MR) is 65.7 cm³/mol. The van der Waals surface area contributed by atoms with Gasteiger partial charge in [0.05, 0.1) is 5.69 Å². The molecule has 88 valence electrons. The minimum absolute atomic E-state index is 0.638. The van der Waals surface area contributed by atoms with E-state index in [1.54, 1.807) is 0 Å². The van der Waals surface area contributed by atoms with Gasteiger partial charge in [0.2, 0.25) is 0 Å². The average Bonchev–Trinajstić information content (AvgIpc) is 2.30. The molecule has 0 saturated carbocycles. The number of anilines is 1. The van der Waals surface area contributed by atoms with Crippen LogP contribution in [0.2, 0.25) is 0 Å². The molecule has 0 atom stereocenters. The van der Waals surface area contributed by atoms with Gasteiger partial charge < -0.3 is 10.2 Å². The van der Waals surface area contributed by atoms with Crippen molar-refractivity contribution in [3.63, 3.8) is 0 Å². The summed E-state index contributed by atoms with van der Waals surface area (Å²) in [5.41, 5.74) is 1.09. The van der Waals surface area contributed by atoms with Crippen LogP contribution in [0.5, 0.6) is 0 Å². The summed E-state index contributed by atoms with van der Waals surface area (Å²) in [7, 11) is 0. The van der Waals surface area contributed by atoms with Gasteiger partial charge in [0.1, 0.15) is 0 Å². The van der Waals surface area contributed by atoms with E-state index in [4.69, 9.17) is 0 Å². The second kappa shape index (κ2) is 5.25. The fraction of sp³-hybridized carbons (Fsp3) is 0.667. The number of nitrogens with one attached hydrogen (secondary N) is 1. The first kappa shape index (κ1) is 11.3. The molecule has 0 amide bonds. The molecule has 0 spiro atoms. The Labute approximate surface area is 97.1 Å². The van der Waals surface area contributed by atoms with Crippen LogP contribution in [0.25, 0.3) is 0 Å². The molecule has 0 unspecified atom stereocenters. The van der Waals surface area contributed by atoms with Gasteiger partial charge >= 0.3 is 0 Å². The first-order valence-corrected chi connectivity index (χ1v) is 6.04. The molecule has 0 aromatic carbocycles. The van der Waals surface area contributed by atoms with Crippen molar-refractivity contribution in [1.82, 2.24) is 15.5 Å². The summed E-state index contributed by atoms with van der Waals surface area (Å²) in [5, 5.41) is 11.9. The van der Waals surface area contributed by atoms with Gasteiger partial charge in [-0.05, 0) is 24.5 Å². The minimum atomic E-state index is 0.638. The summed E-state index contributed by atoms with van der Waals surface area (Å²) in [5.74, 6) is 1.65. The highest BCUT2D eigenvalue weighted by atomic mass is 15.3. The maximum absolute atomic E-state index is 4.30. The predicted octanol–water partition coefficient (Wildman–Crippen LogP) is 1.08. The SMILES string of the molecule is CC(C)Cc1ccc(N2CCNCC2)nn1. The Morgan fingerprint density at radius 3 is 2.56 bits per heavy atom. The van der Waals surface area contributed by atoms with Gasteiger partial charge in [-0.2, -0.15) is 5.10 Å². The largest absolute Gasteiger partial charge is 0.353 e. The van der Waals surface area contributed by atoms with E-state index in [0.29, 0.717) is 5.92 Å². The molecule has 2 heterocycles. The van der Waals surface area contributed by atoms with Gasteiger partial charge in [0, 0.05) is 26.2 Å². The molecule has 1 saturated heterocycles. The van der Waals surface area contributed by atoms with Crippen LogP contribution in [-0.2, 0) is 6.42 Å². The lowest BCUT2D eigenvalue weighted by molar-refractivity contribution is 0.580. The lowest BCUT2D eigenvalue weighted by Gasteiger charge is -2.27. The molecule has 4 nitrogen and oxygen atoms in total. The van der Waals surface area contributed by atoms with Gasteiger partial charge in [-0.25, -0.2) is 0 Å². The lowest BCUT2D eigenvalue weighted by Crippen LogP contribution is -2.44. The van der Waals surface area contributed by atoms with Crippen molar-refractivity contribution in [1.29, 1.82) is 0 Å². The smallest absolute Gasteiger partial charge is 0.151 e. The van der Waals surface area contributed by atoms with E-state index < -0.39 is 0 Å². The van der Waals surface area contributed by atoms with Gasteiger partial charge in [-0.3, -0.25) is 0 Å². The topological polar surface area (TPSA) is 41.0 Å². The van der Waals surface area contributed by atoms with Crippen molar-refractivity contribution >= 4 is 5.82 Å². The lowest BCUT2D eigenvalue weighted by atomic mass is 10.1. The molecule has 0 aliphatic carbocycles. The van der Waals surface area contributed by atoms with Crippen molar-refractivity contribution in [3.8, 4) is 0 Å². The zero-order valence-corrected chi connectivity index (χ0v) is 10.1. The van der Waals surface area contributed by atoms with Crippen LogP contribution < -0.4 is 10.2 Å². The molecule has 16 heavy (non-hydrogen) atoms. The first-order chi connectivity index (χ1) is 7.75. The van der Waals surface area contributed by atoms with E-state index in [9.17, 15) is 0 Å². The third kappa shape index (κ3) is 2.92. The highest BCUT2D eigenvalue weighted by Gasteiger charge is 2.11. The zero-order chi connectivity index (χ0) is 11.4. The molecule has 0 radical (unpaired) electrons. The first-order valence-electron chi connectivity index (χ1n) is 6.04. The van der Waals surface area contributed by atoms with Crippen LogP contribution in [-0.4, -0.2) is 36.4 Å². The number of nitrogens with zero attached hydrogens (tertiary/aromatic N) is 3. The molecule has 1 aliphatic rings. The summed E-state index contributed by atoms with van der Waals surface area (Å²) < 4.78 is 0. The maximum atomic E-state index is 4.30. The van der Waals surface area contributed by atoms with Crippen LogP contribution in [0.3, 0.4) is 0 Å². The molecule has 1 fully saturated rings. The normalized spacial score (nSPS) is 16.8. The summed E-state index contributed by atoms with van der Waals surface area (Å²) in [4.78, 5) is 2.28. The van der Waals surface area contributed by atoms with E-state index in [1.165, 1.54) is 0 Å². The number of piperazine rings is 1. The molecule has 4 heteroatoms. The highest BCUT2D eigenvalue weighted by Crippen LogP contribution is 2.11. The summed E-state index contributed by atoms with van der Waals surface area (Å²) in [6.45, 7) is 8.53. The third-order valence-corrected chi connectivity index (χ3v) is 2.76. The van der Waals surface area contributed by atoms with Crippen LogP contribution in [0.15, 0.2) is 12.1 Å².